The van der Waals surface area contributed by atoms with Gasteiger partial charge in [-0.15, -0.1) is 0 Å². The third-order valence-electron chi connectivity index (χ3n) is 6.08. The van der Waals surface area contributed by atoms with Crippen LogP contribution in [-0.2, 0) is 13.2 Å². The van der Waals surface area contributed by atoms with Gasteiger partial charge in [0.05, 0.1) is 28.1 Å². The molecule has 7 nitrogen and oxygen atoms in total. The van der Waals surface area contributed by atoms with Crippen molar-refractivity contribution in [2.75, 3.05) is 5.32 Å². The van der Waals surface area contributed by atoms with Crippen LogP contribution in [0.2, 0.25) is 0 Å². The highest BCUT2D eigenvalue weighted by Gasteiger charge is 2.33. The summed E-state index contributed by atoms with van der Waals surface area (Å²) in [6, 6.07) is 13.3. The minimum Gasteiger partial charge on any atom is -0.478 e. The fourth-order valence-electron chi connectivity index (χ4n) is 4.32. The smallest absolute Gasteiger partial charge is 0.416 e. The summed E-state index contributed by atoms with van der Waals surface area (Å²) in [5.41, 5.74) is -0.130. The number of anilines is 1. The van der Waals surface area contributed by atoms with Crippen LogP contribution in [0, 0.1) is 0 Å². The molecule has 10 heteroatoms. The highest BCUT2D eigenvalue weighted by molar-refractivity contribution is 5.94. The number of benzene rings is 3. The third kappa shape index (κ3) is 4.53. The van der Waals surface area contributed by atoms with Crippen molar-refractivity contribution in [3.63, 3.8) is 0 Å². The maximum absolute atomic E-state index is 13.7. The van der Waals surface area contributed by atoms with Crippen LogP contribution < -0.4 is 10.7 Å². The predicted molar refractivity (Wildman–Crippen MR) is 133 cm³/mol. The largest absolute Gasteiger partial charge is 0.478 e. The lowest BCUT2D eigenvalue weighted by Gasteiger charge is -2.20. The molecule has 0 fully saturated rings. The van der Waals surface area contributed by atoms with E-state index in [0.29, 0.717) is 5.56 Å². The number of carboxylic acids is 1. The van der Waals surface area contributed by atoms with E-state index in [9.17, 15) is 27.9 Å². The van der Waals surface area contributed by atoms with Crippen molar-refractivity contribution in [1.29, 1.82) is 0 Å². The quantitative estimate of drug-likeness (QED) is 0.292. The Morgan fingerprint density at radius 2 is 1.86 bits per heavy atom. The number of carbonyl (C=O) groups is 1. The standard InChI is InChI=1S/C27H20F3N3O4/c1-14(31-22-6-4-3-5-18(22)26(35)36)19-10-17(27(28,29)30)11-20-23(34)12-24(37-25(19)20)15-7-8-21-16(9-15)13-33(2)32-21/h3-14,31H,1-2H3,(H,35,36)/t14-/m0/s1. The lowest BCUT2D eigenvalue weighted by atomic mass is 9.99. The van der Waals surface area contributed by atoms with Crippen LogP contribution in [0.3, 0.4) is 0 Å². The van der Waals surface area contributed by atoms with E-state index in [1.165, 1.54) is 18.2 Å². The number of hydrogen-bond acceptors (Lipinski definition) is 5. The molecule has 0 aliphatic carbocycles. The Bertz CT molecular complexity index is 1740. The zero-order valence-electron chi connectivity index (χ0n) is 19.6. The van der Waals surface area contributed by atoms with E-state index >= 15 is 0 Å². The van der Waals surface area contributed by atoms with Gasteiger partial charge in [-0.05, 0) is 49.4 Å². The summed E-state index contributed by atoms with van der Waals surface area (Å²) in [6.45, 7) is 1.57. The van der Waals surface area contributed by atoms with Gasteiger partial charge in [-0.25, -0.2) is 4.79 Å². The number of alkyl halides is 3. The number of carboxylic acid groups (broad SMARTS) is 1. The number of aromatic nitrogens is 2. The molecule has 0 radical (unpaired) electrons. The molecule has 5 aromatic rings. The Labute approximate surface area is 207 Å². The Morgan fingerprint density at radius 1 is 1.11 bits per heavy atom. The van der Waals surface area contributed by atoms with Crippen LogP contribution in [-0.4, -0.2) is 20.9 Å². The van der Waals surface area contributed by atoms with Gasteiger partial charge in [-0.3, -0.25) is 9.48 Å². The zero-order chi connectivity index (χ0) is 26.5. The van der Waals surface area contributed by atoms with E-state index in [4.69, 9.17) is 4.42 Å². The van der Waals surface area contributed by atoms with Gasteiger partial charge in [0.25, 0.3) is 0 Å². The topological polar surface area (TPSA) is 97.4 Å². The van der Waals surface area contributed by atoms with Crippen LogP contribution in [0.25, 0.3) is 33.2 Å². The van der Waals surface area contributed by atoms with Crippen LogP contribution in [0.1, 0.15) is 34.5 Å². The monoisotopic (exact) mass is 507 g/mol. The van der Waals surface area contributed by atoms with E-state index in [0.717, 1.165) is 23.0 Å². The predicted octanol–water partition coefficient (Wildman–Crippen LogP) is 6.24. The molecule has 2 aromatic heterocycles. The molecule has 2 heterocycles. The molecule has 2 N–H and O–H groups in total. The van der Waals surface area contributed by atoms with Gasteiger partial charge in [-0.2, -0.15) is 18.3 Å². The molecule has 0 spiro atoms. The molecule has 3 aromatic carbocycles. The number of rotatable bonds is 5. The van der Waals surface area contributed by atoms with E-state index < -0.39 is 29.2 Å². The molecule has 0 amide bonds. The third-order valence-corrected chi connectivity index (χ3v) is 6.08. The Hall–Kier alpha value is -4.60. The second-order valence-electron chi connectivity index (χ2n) is 8.71. The average molecular weight is 507 g/mol. The Kier molecular flexibility index (Phi) is 5.74. The Morgan fingerprint density at radius 3 is 2.59 bits per heavy atom. The number of nitrogens with zero attached hydrogens (tertiary/aromatic N) is 2. The molecule has 0 unspecified atom stereocenters. The molecular weight excluding hydrogens is 487 g/mol. The van der Waals surface area contributed by atoms with Gasteiger partial charge in [0.1, 0.15) is 11.3 Å². The normalized spacial score (nSPS) is 12.7. The first-order valence-corrected chi connectivity index (χ1v) is 11.2. The lowest BCUT2D eigenvalue weighted by Crippen LogP contribution is -2.15. The maximum atomic E-state index is 13.7. The molecule has 0 saturated heterocycles. The van der Waals surface area contributed by atoms with Gasteiger partial charge < -0.3 is 14.8 Å². The number of para-hydroxylation sites is 1. The van der Waals surface area contributed by atoms with Crippen molar-refractivity contribution in [1.82, 2.24) is 9.78 Å². The van der Waals surface area contributed by atoms with Crippen LogP contribution >= 0.6 is 0 Å². The van der Waals surface area contributed by atoms with Crippen molar-refractivity contribution < 1.29 is 27.5 Å². The number of nitrogens with one attached hydrogen (secondary N) is 1. The van der Waals surface area contributed by atoms with Gasteiger partial charge in [-0.1, -0.05) is 12.1 Å². The summed E-state index contributed by atoms with van der Waals surface area (Å²) >= 11 is 0. The molecule has 0 saturated carbocycles. The number of aryl methyl sites for hydroxylation is 1. The van der Waals surface area contributed by atoms with Gasteiger partial charge >= 0.3 is 12.1 Å². The van der Waals surface area contributed by atoms with Crippen LogP contribution in [0.4, 0.5) is 18.9 Å². The number of hydrogen-bond donors (Lipinski definition) is 2. The first kappa shape index (κ1) is 24.1. The maximum Gasteiger partial charge on any atom is 0.416 e. The fraction of sp³-hybridized carbons (Fsp3) is 0.148. The minimum atomic E-state index is -4.71. The first-order valence-electron chi connectivity index (χ1n) is 11.2. The Balaban J connectivity index is 1.69. The second kappa shape index (κ2) is 8.81. The summed E-state index contributed by atoms with van der Waals surface area (Å²) in [4.78, 5) is 24.7. The number of fused-ring (bicyclic) bond motifs is 2. The molecule has 37 heavy (non-hydrogen) atoms. The van der Waals surface area contributed by atoms with Crippen molar-refractivity contribution in [3.05, 3.63) is 93.8 Å². The SMILES string of the molecule is C[C@H](Nc1ccccc1C(=O)O)c1cc(C(F)(F)F)cc2c(=O)cc(-c3ccc4nn(C)cc4c3)oc12. The van der Waals surface area contributed by atoms with Crippen LogP contribution in [0.5, 0.6) is 0 Å². The van der Waals surface area contributed by atoms with Crippen molar-refractivity contribution in [3.8, 4) is 11.3 Å². The zero-order valence-corrected chi connectivity index (χ0v) is 19.6. The van der Waals surface area contributed by atoms with E-state index in [1.54, 1.807) is 55.2 Å². The molecule has 0 aliphatic heterocycles. The fourth-order valence-corrected chi connectivity index (χ4v) is 4.32. The van der Waals surface area contributed by atoms with E-state index in [-0.39, 0.29) is 33.5 Å². The molecule has 1 atom stereocenters. The lowest BCUT2D eigenvalue weighted by molar-refractivity contribution is -0.137. The highest BCUT2D eigenvalue weighted by atomic mass is 19.4. The highest BCUT2D eigenvalue weighted by Crippen LogP contribution is 2.37. The molecule has 188 valence electrons. The minimum absolute atomic E-state index is 0.0189. The van der Waals surface area contributed by atoms with Crippen molar-refractivity contribution in [2.24, 2.45) is 7.05 Å². The van der Waals surface area contributed by atoms with Crippen molar-refractivity contribution >= 4 is 33.5 Å². The van der Waals surface area contributed by atoms with Gasteiger partial charge in [0.2, 0.25) is 0 Å². The summed E-state index contributed by atoms with van der Waals surface area (Å²) in [6.07, 6.45) is -2.91. The summed E-state index contributed by atoms with van der Waals surface area (Å²) < 4.78 is 48.9. The molecule has 5 rings (SSSR count). The van der Waals surface area contributed by atoms with Crippen molar-refractivity contribution in [2.45, 2.75) is 19.1 Å². The molecule has 0 bridgehead atoms. The number of aromatic carboxylic acids is 1. The first-order chi connectivity index (χ1) is 17.5. The molecular formula is C27H20F3N3O4. The summed E-state index contributed by atoms with van der Waals surface area (Å²) in [5.74, 6) is -1.01. The second-order valence-corrected chi connectivity index (χ2v) is 8.71. The number of halogens is 3. The summed E-state index contributed by atoms with van der Waals surface area (Å²) in [7, 11) is 1.78. The van der Waals surface area contributed by atoms with E-state index in [2.05, 4.69) is 10.4 Å². The van der Waals surface area contributed by atoms with Gasteiger partial charge in [0.15, 0.2) is 5.43 Å². The van der Waals surface area contributed by atoms with Gasteiger partial charge in [0, 0.05) is 41.5 Å². The van der Waals surface area contributed by atoms with Crippen LogP contribution in [0.15, 0.2) is 76.1 Å². The van der Waals surface area contributed by atoms with E-state index in [1.807, 2.05) is 0 Å². The summed E-state index contributed by atoms with van der Waals surface area (Å²) in [5, 5.41) is 17.3. The molecule has 0 aliphatic rings. The average Bonchev–Trinajstić information content (AvgIpc) is 3.22.